The number of rotatable bonds is 2. The summed E-state index contributed by atoms with van der Waals surface area (Å²) in [6.07, 6.45) is -4.03. The van der Waals surface area contributed by atoms with Crippen molar-refractivity contribution < 1.29 is 32.5 Å². The summed E-state index contributed by atoms with van der Waals surface area (Å²) in [7, 11) is 0. The summed E-state index contributed by atoms with van der Waals surface area (Å²) in [5, 5.41) is 11.1. The number of fused-ring (bicyclic) bond motifs is 2. The molecule has 0 spiro atoms. The standard InChI is InChI=1S/C20H26F3NO4/c1-18(2,3)28-17(25)24-15-9-19(26,10-16(24)12-27-11-15)8-13-4-6-14(7-5-13)20(21,22)23/h4-7,15-16,26H,8-12H2,1-3H3. The minimum atomic E-state index is -4.39. The van der Waals surface area contributed by atoms with Crippen LogP contribution in [0.3, 0.4) is 0 Å². The maximum atomic E-state index is 12.7. The minimum Gasteiger partial charge on any atom is -0.444 e. The molecule has 0 radical (unpaired) electrons. The second-order valence-electron chi connectivity index (χ2n) is 8.74. The zero-order valence-corrected chi connectivity index (χ0v) is 16.3. The molecular formula is C20H26F3NO4. The Bertz CT molecular complexity index is 698. The van der Waals surface area contributed by atoms with Gasteiger partial charge in [-0.1, -0.05) is 12.1 Å². The first-order valence-electron chi connectivity index (χ1n) is 9.34. The van der Waals surface area contributed by atoms with Crippen molar-refractivity contribution >= 4 is 6.09 Å². The zero-order valence-electron chi connectivity index (χ0n) is 16.3. The van der Waals surface area contributed by atoms with E-state index in [9.17, 15) is 23.1 Å². The van der Waals surface area contributed by atoms with Crippen LogP contribution >= 0.6 is 0 Å². The van der Waals surface area contributed by atoms with Crippen molar-refractivity contribution in [1.29, 1.82) is 0 Å². The van der Waals surface area contributed by atoms with Crippen LogP contribution in [0.15, 0.2) is 24.3 Å². The second-order valence-corrected chi connectivity index (χ2v) is 8.74. The molecule has 2 unspecified atom stereocenters. The minimum absolute atomic E-state index is 0.223. The summed E-state index contributed by atoms with van der Waals surface area (Å²) in [6, 6.07) is 4.18. The normalized spacial score (nSPS) is 28.2. The zero-order chi connectivity index (χ0) is 20.7. The third-order valence-corrected chi connectivity index (χ3v) is 5.06. The number of alkyl halides is 3. The smallest absolute Gasteiger partial charge is 0.416 e. The molecule has 0 saturated carbocycles. The fourth-order valence-corrected chi connectivity index (χ4v) is 4.02. The van der Waals surface area contributed by atoms with Gasteiger partial charge in [0, 0.05) is 6.42 Å². The van der Waals surface area contributed by atoms with Gasteiger partial charge in [0.2, 0.25) is 0 Å². The van der Waals surface area contributed by atoms with Crippen molar-refractivity contribution in [1.82, 2.24) is 4.90 Å². The van der Waals surface area contributed by atoms with Gasteiger partial charge in [-0.05, 0) is 51.3 Å². The summed E-state index contributed by atoms with van der Waals surface area (Å²) < 4.78 is 49.2. The lowest BCUT2D eigenvalue weighted by molar-refractivity contribution is -0.137. The average molecular weight is 401 g/mol. The highest BCUT2D eigenvalue weighted by Gasteiger charge is 2.49. The first kappa shape index (κ1) is 20.9. The third kappa shape index (κ3) is 4.78. The molecule has 1 aromatic rings. The van der Waals surface area contributed by atoms with Gasteiger partial charge in [0.15, 0.2) is 0 Å². The number of piperidine rings is 1. The molecule has 2 fully saturated rings. The number of ether oxygens (including phenoxy) is 2. The summed E-state index contributed by atoms with van der Waals surface area (Å²) >= 11 is 0. The Morgan fingerprint density at radius 1 is 1.18 bits per heavy atom. The van der Waals surface area contributed by atoms with E-state index in [1.165, 1.54) is 12.1 Å². The molecule has 1 aromatic carbocycles. The fraction of sp³-hybridized carbons (Fsp3) is 0.650. The van der Waals surface area contributed by atoms with E-state index in [4.69, 9.17) is 9.47 Å². The SMILES string of the molecule is CC(C)(C)OC(=O)N1C2COCC1CC(O)(Cc1ccc(C(F)(F)F)cc1)C2. The number of halogens is 3. The molecule has 2 saturated heterocycles. The number of hydrogen-bond acceptors (Lipinski definition) is 4. The summed E-state index contributed by atoms with van der Waals surface area (Å²) in [5.41, 5.74) is -1.83. The Morgan fingerprint density at radius 2 is 1.71 bits per heavy atom. The van der Waals surface area contributed by atoms with E-state index < -0.39 is 29.0 Å². The van der Waals surface area contributed by atoms with E-state index >= 15 is 0 Å². The maximum absolute atomic E-state index is 12.7. The molecule has 2 atom stereocenters. The van der Waals surface area contributed by atoms with Crippen LogP contribution in [0.2, 0.25) is 0 Å². The Morgan fingerprint density at radius 3 is 2.18 bits per heavy atom. The van der Waals surface area contributed by atoms with Gasteiger partial charge < -0.3 is 14.6 Å². The lowest BCUT2D eigenvalue weighted by atomic mass is 9.77. The molecule has 156 valence electrons. The maximum Gasteiger partial charge on any atom is 0.416 e. The number of aliphatic hydroxyl groups is 1. The molecule has 28 heavy (non-hydrogen) atoms. The Balaban J connectivity index is 1.72. The first-order valence-corrected chi connectivity index (χ1v) is 9.34. The van der Waals surface area contributed by atoms with Gasteiger partial charge in [0.25, 0.3) is 0 Å². The van der Waals surface area contributed by atoms with Crippen LogP contribution in [0.4, 0.5) is 18.0 Å². The largest absolute Gasteiger partial charge is 0.444 e. The Kier molecular flexibility index (Phi) is 5.40. The van der Waals surface area contributed by atoms with Crippen LogP contribution in [0, 0.1) is 0 Å². The quantitative estimate of drug-likeness (QED) is 0.820. The summed E-state index contributed by atoms with van der Waals surface area (Å²) in [6.45, 7) is 5.97. The van der Waals surface area contributed by atoms with Gasteiger partial charge in [-0.2, -0.15) is 13.2 Å². The predicted molar refractivity (Wildman–Crippen MR) is 95.8 cm³/mol. The van der Waals surface area contributed by atoms with Crippen LogP contribution in [-0.4, -0.2) is 52.6 Å². The highest BCUT2D eigenvalue weighted by atomic mass is 19.4. The van der Waals surface area contributed by atoms with E-state index in [-0.39, 0.29) is 31.3 Å². The van der Waals surface area contributed by atoms with E-state index in [1.54, 1.807) is 25.7 Å². The van der Waals surface area contributed by atoms with Crippen LogP contribution in [0.5, 0.6) is 0 Å². The predicted octanol–water partition coefficient (Wildman–Crippen LogP) is 3.78. The lowest BCUT2D eigenvalue weighted by Gasteiger charge is -2.51. The van der Waals surface area contributed by atoms with E-state index in [2.05, 4.69) is 0 Å². The van der Waals surface area contributed by atoms with Crippen molar-refractivity contribution in [2.45, 2.75) is 69.5 Å². The van der Waals surface area contributed by atoms with Crippen molar-refractivity contribution in [3.05, 3.63) is 35.4 Å². The van der Waals surface area contributed by atoms with Crippen molar-refractivity contribution in [3.8, 4) is 0 Å². The molecule has 0 aromatic heterocycles. The molecule has 2 aliphatic heterocycles. The van der Waals surface area contributed by atoms with E-state index in [0.717, 1.165) is 12.1 Å². The topological polar surface area (TPSA) is 59.0 Å². The number of carbonyl (C=O) groups is 1. The number of carbonyl (C=O) groups excluding carboxylic acids is 1. The molecule has 1 amide bonds. The van der Waals surface area contributed by atoms with Crippen LogP contribution < -0.4 is 0 Å². The molecule has 2 aliphatic rings. The number of benzene rings is 1. The first-order chi connectivity index (χ1) is 12.9. The molecule has 5 nitrogen and oxygen atoms in total. The molecule has 3 rings (SSSR count). The van der Waals surface area contributed by atoms with Crippen molar-refractivity contribution in [2.75, 3.05) is 13.2 Å². The van der Waals surface area contributed by atoms with E-state index in [1.807, 2.05) is 0 Å². The second kappa shape index (κ2) is 7.22. The fourth-order valence-electron chi connectivity index (χ4n) is 4.02. The highest BCUT2D eigenvalue weighted by Crippen LogP contribution is 2.38. The molecule has 2 heterocycles. The molecule has 1 N–H and O–H groups in total. The van der Waals surface area contributed by atoms with Gasteiger partial charge in [-0.25, -0.2) is 4.79 Å². The molecule has 2 bridgehead atoms. The molecular weight excluding hydrogens is 375 g/mol. The Hall–Kier alpha value is -1.80. The highest BCUT2D eigenvalue weighted by molar-refractivity contribution is 5.69. The average Bonchev–Trinajstić information content (AvgIpc) is 2.51. The van der Waals surface area contributed by atoms with Crippen LogP contribution in [0.25, 0.3) is 0 Å². The van der Waals surface area contributed by atoms with Gasteiger partial charge in [0.1, 0.15) is 5.60 Å². The number of morpholine rings is 1. The molecule has 8 heteroatoms. The number of hydrogen-bond donors (Lipinski definition) is 1. The van der Waals surface area contributed by atoms with Gasteiger partial charge in [-0.3, -0.25) is 4.90 Å². The number of nitrogens with zero attached hydrogens (tertiary/aromatic N) is 1. The summed E-state index contributed by atoms with van der Waals surface area (Å²) in [4.78, 5) is 14.2. The van der Waals surface area contributed by atoms with Gasteiger partial charge >= 0.3 is 12.3 Å². The summed E-state index contributed by atoms with van der Waals surface area (Å²) in [5.74, 6) is 0. The monoisotopic (exact) mass is 401 g/mol. The Labute approximate surface area is 162 Å². The van der Waals surface area contributed by atoms with Crippen molar-refractivity contribution in [2.24, 2.45) is 0 Å². The lowest BCUT2D eigenvalue weighted by Crippen LogP contribution is -2.64. The van der Waals surface area contributed by atoms with Crippen LogP contribution in [0.1, 0.15) is 44.7 Å². The third-order valence-electron chi connectivity index (χ3n) is 5.06. The van der Waals surface area contributed by atoms with E-state index in [0.29, 0.717) is 18.8 Å². The molecule has 0 aliphatic carbocycles. The van der Waals surface area contributed by atoms with Gasteiger partial charge in [0.05, 0.1) is 36.5 Å². The van der Waals surface area contributed by atoms with Crippen LogP contribution in [-0.2, 0) is 22.1 Å². The van der Waals surface area contributed by atoms with Gasteiger partial charge in [-0.15, -0.1) is 0 Å². The number of amides is 1. The van der Waals surface area contributed by atoms with Crippen molar-refractivity contribution in [3.63, 3.8) is 0 Å².